The number of hydrogen-bond donors (Lipinski definition) is 2. The molecule has 3 rings (SSSR count). The number of aromatic nitrogens is 2. The second kappa shape index (κ2) is 4.37. The molecular formula is C13H18N4. The minimum atomic E-state index is 0.956. The Morgan fingerprint density at radius 2 is 2.12 bits per heavy atom. The molecule has 1 fully saturated rings. The van der Waals surface area contributed by atoms with Gasteiger partial charge in [0.25, 0.3) is 0 Å². The van der Waals surface area contributed by atoms with Gasteiger partial charge in [-0.05, 0) is 18.2 Å². The molecule has 0 atom stereocenters. The monoisotopic (exact) mass is 230 g/mol. The molecule has 0 radical (unpaired) electrons. The van der Waals surface area contributed by atoms with Crippen molar-refractivity contribution in [2.24, 2.45) is 0 Å². The summed E-state index contributed by atoms with van der Waals surface area (Å²) < 4.78 is 0. The van der Waals surface area contributed by atoms with Gasteiger partial charge in [-0.25, -0.2) is 4.98 Å². The SMILES string of the molecule is CCc1nc2ccc(N3CCNCC3)cc2[nH]1. The molecule has 2 heterocycles. The van der Waals surface area contributed by atoms with Crippen molar-refractivity contribution in [3.63, 3.8) is 0 Å². The standard InChI is InChI=1S/C13H18N4/c1-2-13-15-11-4-3-10(9-12(11)16-13)17-7-5-14-6-8-17/h3-4,9,14H,2,5-8H2,1H3,(H,15,16). The van der Waals surface area contributed by atoms with Gasteiger partial charge < -0.3 is 15.2 Å². The summed E-state index contributed by atoms with van der Waals surface area (Å²) in [5, 5.41) is 3.37. The van der Waals surface area contributed by atoms with Crippen molar-refractivity contribution in [3.8, 4) is 0 Å². The lowest BCUT2D eigenvalue weighted by atomic mass is 10.2. The summed E-state index contributed by atoms with van der Waals surface area (Å²) in [5.41, 5.74) is 3.52. The van der Waals surface area contributed by atoms with Crippen molar-refractivity contribution in [2.45, 2.75) is 13.3 Å². The van der Waals surface area contributed by atoms with Gasteiger partial charge in [0.1, 0.15) is 5.82 Å². The first-order valence-corrected chi connectivity index (χ1v) is 6.31. The fraction of sp³-hybridized carbons (Fsp3) is 0.462. The minimum absolute atomic E-state index is 0.956. The molecule has 1 saturated heterocycles. The molecule has 4 heteroatoms. The molecule has 0 aliphatic carbocycles. The van der Waals surface area contributed by atoms with Crippen LogP contribution < -0.4 is 10.2 Å². The van der Waals surface area contributed by atoms with E-state index in [-0.39, 0.29) is 0 Å². The van der Waals surface area contributed by atoms with E-state index in [1.165, 1.54) is 5.69 Å². The number of hydrogen-bond acceptors (Lipinski definition) is 3. The number of H-pyrrole nitrogens is 1. The molecule has 1 aliphatic heterocycles. The first kappa shape index (κ1) is 10.6. The molecule has 4 nitrogen and oxygen atoms in total. The molecule has 2 N–H and O–H groups in total. The molecule has 0 bridgehead atoms. The molecule has 2 aromatic rings. The van der Waals surface area contributed by atoms with E-state index in [2.05, 4.69) is 45.3 Å². The number of nitrogens with one attached hydrogen (secondary N) is 2. The number of benzene rings is 1. The molecule has 0 amide bonds. The van der Waals surface area contributed by atoms with Crippen LogP contribution in [0.4, 0.5) is 5.69 Å². The number of piperazine rings is 1. The number of imidazole rings is 1. The van der Waals surface area contributed by atoms with Crippen molar-refractivity contribution in [2.75, 3.05) is 31.1 Å². The van der Waals surface area contributed by atoms with Crippen molar-refractivity contribution in [3.05, 3.63) is 24.0 Å². The van der Waals surface area contributed by atoms with E-state index in [4.69, 9.17) is 0 Å². The van der Waals surface area contributed by atoms with Gasteiger partial charge in [0.05, 0.1) is 11.0 Å². The largest absolute Gasteiger partial charge is 0.369 e. The van der Waals surface area contributed by atoms with E-state index in [1.54, 1.807) is 0 Å². The highest BCUT2D eigenvalue weighted by atomic mass is 15.2. The Morgan fingerprint density at radius 3 is 2.88 bits per heavy atom. The van der Waals surface area contributed by atoms with E-state index in [1.807, 2.05) is 0 Å². The third-order valence-corrected chi connectivity index (χ3v) is 3.33. The number of anilines is 1. The number of aryl methyl sites for hydroxylation is 1. The summed E-state index contributed by atoms with van der Waals surface area (Å²) in [7, 11) is 0. The van der Waals surface area contributed by atoms with Gasteiger partial charge >= 0.3 is 0 Å². The Kier molecular flexibility index (Phi) is 2.73. The zero-order chi connectivity index (χ0) is 11.7. The van der Waals surface area contributed by atoms with Crippen LogP contribution in [0.2, 0.25) is 0 Å². The molecule has 1 aliphatic rings. The highest BCUT2D eigenvalue weighted by molar-refractivity contribution is 5.79. The molecular weight excluding hydrogens is 212 g/mol. The van der Waals surface area contributed by atoms with Gasteiger partial charge in [0.2, 0.25) is 0 Å². The molecule has 0 spiro atoms. The number of nitrogens with zero attached hydrogens (tertiary/aromatic N) is 2. The highest BCUT2D eigenvalue weighted by Crippen LogP contribution is 2.21. The molecule has 0 unspecified atom stereocenters. The molecule has 0 saturated carbocycles. The zero-order valence-corrected chi connectivity index (χ0v) is 10.2. The Bertz CT molecular complexity index is 511. The summed E-state index contributed by atoms with van der Waals surface area (Å²) in [6, 6.07) is 6.50. The second-order valence-electron chi connectivity index (χ2n) is 4.48. The van der Waals surface area contributed by atoms with Crippen LogP contribution in [0.15, 0.2) is 18.2 Å². The van der Waals surface area contributed by atoms with Crippen molar-refractivity contribution in [1.29, 1.82) is 0 Å². The number of fused-ring (bicyclic) bond motifs is 1. The van der Waals surface area contributed by atoms with E-state index >= 15 is 0 Å². The van der Waals surface area contributed by atoms with Crippen LogP contribution in [0.25, 0.3) is 11.0 Å². The Labute approximate surface area is 101 Å². The summed E-state index contributed by atoms with van der Waals surface area (Å²) in [5.74, 6) is 1.07. The Morgan fingerprint density at radius 1 is 1.29 bits per heavy atom. The van der Waals surface area contributed by atoms with Gasteiger partial charge in [-0.2, -0.15) is 0 Å². The fourth-order valence-corrected chi connectivity index (χ4v) is 2.34. The third-order valence-electron chi connectivity index (χ3n) is 3.33. The quantitative estimate of drug-likeness (QED) is 0.822. The highest BCUT2D eigenvalue weighted by Gasteiger charge is 2.11. The predicted octanol–water partition coefficient (Wildman–Crippen LogP) is 1.53. The molecule has 17 heavy (non-hydrogen) atoms. The molecule has 1 aromatic carbocycles. The van der Waals surface area contributed by atoms with Crippen molar-refractivity contribution < 1.29 is 0 Å². The van der Waals surface area contributed by atoms with Crippen LogP contribution in [-0.4, -0.2) is 36.1 Å². The first-order chi connectivity index (χ1) is 8.36. The van der Waals surface area contributed by atoms with E-state index < -0.39 is 0 Å². The lowest BCUT2D eigenvalue weighted by molar-refractivity contribution is 0.589. The topological polar surface area (TPSA) is 44.0 Å². The predicted molar refractivity (Wildman–Crippen MR) is 70.6 cm³/mol. The lowest BCUT2D eigenvalue weighted by Gasteiger charge is -2.29. The van der Waals surface area contributed by atoms with E-state index in [0.29, 0.717) is 0 Å². The number of aromatic amines is 1. The molecule has 90 valence electrons. The smallest absolute Gasteiger partial charge is 0.106 e. The summed E-state index contributed by atoms with van der Waals surface area (Å²) in [6.07, 6.45) is 0.956. The molecule has 1 aromatic heterocycles. The van der Waals surface area contributed by atoms with Gasteiger partial charge in [-0.1, -0.05) is 6.92 Å². The summed E-state index contributed by atoms with van der Waals surface area (Å²) in [4.78, 5) is 10.3. The lowest BCUT2D eigenvalue weighted by Crippen LogP contribution is -2.43. The first-order valence-electron chi connectivity index (χ1n) is 6.31. The van der Waals surface area contributed by atoms with Crippen LogP contribution in [0.5, 0.6) is 0 Å². The average molecular weight is 230 g/mol. The maximum absolute atomic E-state index is 4.53. The van der Waals surface area contributed by atoms with Crippen LogP contribution >= 0.6 is 0 Å². The van der Waals surface area contributed by atoms with Crippen molar-refractivity contribution in [1.82, 2.24) is 15.3 Å². The second-order valence-corrected chi connectivity index (χ2v) is 4.48. The Hall–Kier alpha value is -1.55. The fourth-order valence-electron chi connectivity index (χ4n) is 2.34. The maximum atomic E-state index is 4.53. The van der Waals surface area contributed by atoms with Crippen LogP contribution in [0, 0.1) is 0 Å². The Balaban J connectivity index is 1.94. The minimum Gasteiger partial charge on any atom is -0.369 e. The van der Waals surface area contributed by atoms with Crippen LogP contribution in [0.3, 0.4) is 0 Å². The van der Waals surface area contributed by atoms with E-state index in [0.717, 1.165) is 49.5 Å². The summed E-state index contributed by atoms with van der Waals surface area (Å²) >= 11 is 0. The summed E-state index contributed by atoms with van der Waals surface area (Å²) in [6.45, 7) is 6.43. The van der Waals surface area contributed by atoms with Gasteiger partial charge in [0, 0.05) is 38.3 Å². The third kappa shape index (κ3) is 2.00. The van der Waals surface area contributed by atoms with Gasteiger partial charge in [-0.3, -0.25) is 0 Å². The normalized spacial score (nSPS) is 16.6. The number of rotatable bonds is 2. The van der Waals surface area contributed by atoms with Crippen LogP contribution in [-0.2, 0) is 6.42 Å². The van der Waals surface area contributed by atoms with E-state index in [9.17, 15) is 0 Å². The average Bonchev–Trinajstić information content (AvgIpc) is 2.81. The van der Waals surface area contributed by atoms with Gasteiger partial charge in [-0.15, -0.1) is 0 Å². The van der Waals surface area contributed by atoms with Crippen molar-refractivity contribution >= 4 is 16.7 Å². The maximum Gasteiger partial charge on any atom is 0.106 e. The van der Waals surface area contributed by atoms with Crippen LogP contribution in [0.1, 0.15) is 12.7 Å². The zero-order valence-electron chi connectivity index (χ0n) is 10.2. The van der Waals surface area contributed by atoms with Gasteiger partial charge in [0.15, 0.2) is 0 Å².